The van der Waals surface area contributed by atoms with Crippen molar-refractivity contribution in [3.8, 4) is 0 Å². The maximum atomic E-state index is 13.1. The van der Waals surface area contributed by atoms with E-state index in [1.807, 2.05) is 93.3 Å². The molecule has 1 fully saturated rings. The zero-order valence-electron chi connectivity index (χ0n) is 18.4. The Morgan fingerprint density at radius 2 is 1.74 bits per heavy atom. The highest BCUT2D eigenvalue weighted by Crippen LogP contribution is 2.33. The molecule has 3 rings (SSSR count). The van der Waals surface area contributed by atoms with Crippen LogP contribution >= 0.6 is 24.0 Å². The van der Waals surface area contributed by atoms with Crippen LogP contribution < -0.4 is 0 Å². The van der Waals surface area contributed by atoms with E-state index in [0.29, 0.717) is 15.8 Å². The number of carbonyl (C=O) groups excluding carboxylic acids is 2. The van der Waals surface area contributed by atoms with E-state index in [1.54, 1.807) is 4.90 Å². The van der Waals surface area contributed by atoms with Crippen molar-refractivity contribution >= 4 is 46.2 Å². The van der Waals surface area contributed by atoms with Gasteiger partial charge in [-0.3, -0.25) is 14.5 Å². The molecule has 2 amide bonds. The van der Waals surface area contributed by atoms with Gasteiger partial charge in [0.05, 0.1) is 4.91 Å². The molecule has 0 saturated carbocycles. The Morgan fingerprint density at radius 3 is 2.35 bits per heavy atom. The smallest absolute Gasteiger partial charge is 0.266 e. The number of amides is 2. The van der Waals surface area contributed by atoms with Crippen molar-refractivity contribution in [2.45, 2.75) is 46.2 Å². The molecule has 0 spiro atoms. The molecule has 0 radical (unpaired) electrons. The van der Waals surface area contributed by atoms with E-state index >= 15 is 0 Å². The van der Waals surface area contributed by atoms with Crippen molar-refractivity contribution in [2.24, 2.45) is 0 Å². The summed E-state index contributed by atoms with van der Waals surface area (Å²) in [5.41, 5.74) is 2.89. The number of rotatable bonds is 6. The second kappa shape index (κ2) is 9.79. The number of hydrogen-bond acceptors (Lipinski definition) is 4. The first-order valence-corrected chi connectivity index (χ1v) is 11.5. The Morgan fingerprint density at radius 1 is 1.10 bits per heavy atom. The molecule has 0 aliphatic carbocycles. The summed E-state index contributed by atoms with van der Waals surface area (Å²) in [7, 11) is 0. The molecular formula is C25H28N2O2S2. The molecule has 6 heteroatoms. The van der Waals surface area contributed by atoms with Gasteiger partial charge in [0.1, 0.15) is 4.32 Å². The number of benzene rings is 2. The number of nitrogens with zero attached hydrogens (tertiary/aromatic N) is 2. The van der Waals surface area contributed by atoms with Gasteiger partial charge in [-0.05, 0) is 44.9 Å². The van der Waals surface area contributed by atoms with Crippen molar-refractivity contribution < 1.29 is 9.59 Å². The van der Waals surface area contributed by atoms with Crippen LogP contribution in [0.25, 0.3) is 6.08 Å². The van der Waals surface area contributed by atoms with Crippen molar-refractivity contribution in [2.75, 3.05) is 6.54 Å². The Bertz CT molecular complexity index is 992. The predicted molar refractivity (Wildman–Crippen MR) is 132 cm³/mol. The number of thioether (sulfide) groups is 1. The lowest BCUT2D eigenvalue weighted by Crippen LogP contribution is -2.46. The topological polar surface area (TPSA) is 40.6 Å². The molecule has 1 aliphatic heterocycles. The van der Waals surface area contributed by atoms with Gasteiger partial charge in [0.2, 0.25) is 5.91 Å². The van der Waals surface area contributed by atoms with Crippen LogP contribution in [-0.4, -0.2) is 38.0 Å². The molecule has 0 atom stereocenters. The highest BCUT2D eigenvalue weighted by molar-refractivity contribution is 8.26. The van der Waals surface area contributed by atoms with Crippen LogP contribution in [0.15, 0.2) is 59.5 Å². The summed E-state index contributed by atoms with van der Waals surface area (Å²) in [5.74, 6) is -0.123. The Labute approximate surface area is 194 Å². The molecule has 31 heavy (non-hydrogen) atoms. The summed E-state index contributed by atoms with van der Waals surface area (Å²) in [5, 5.41) is 0. The minimum absolute atomic E-state index is 0.00733. The van der Waals surface area contributed by atoms with Crippen LogP contribution in [0.4, 0.5) is 0 Å². The quantitative estimate of drug-likeness (QED) is 0.434. The molecule has 162 valence electrons. The number of aryl methyl sites for hydroxylation is 1. The first kappa shape index (κ1) is 23.2. The zero-order chi connectivity index (χ0) is 22.6. The lowest BCUT2D eigenvalue weighted by Gasteiger charge is -2.36. The average molecular weight is 453 g/mol. The van der Waals surface area contributed by atoms with Gasteiger partial charge < -0.3 is 4.90 Å². The highest BCUT2D eigenvalue weighted by Gasteiger charge is 2.33. The van der Waals surface area contributed by atoms with Crippen molar-refractivity contribution in [3.63, 3.8) is 0 Å². The lowest BCUT2D eigenvalue weighted by atomic mass is 10.0. The van der Waals surface area contributed by atoms with Gasteiger partial charge in [-0.15, -0.1) is 0 Å². The van der Waals surface area contributed by atoms with Gasteiger partial charge in [-0.1, -0.05) is 84.1 Å². The molecule has 0 aromatic heterocycles. The second-order valence-corrected chi connectivity index (χ2v) is 10.3. The van der Waals surface area contributed by atoms with E-state index in [0.717, 1.165) is 11.1 Å². The lowest BCUT2D eigenvalue weighted by molar-refractivity contribution is -0.137. The van der Waals surface area contributed by atoms with Crippen LogP contribution in [0.3, 0.4) is 0 Å². The third-order valence-electron chi connectivity index (χ3n) is 5.09. The fourth-order valence-corrected chi connectivity index (χ4v) is 4.62. The molecular weight excluding hydrogens is 424 g/mol. The average Bonchev–Trinajstić information content (AvgIpc) is 2.98. The third-order valence-corrected chi connectivity index (χ3v) is 6.47. The molecule has 1 saturated heterocycles. The van der Waals surface area contributed by atoms with Crippen molar-refractivity contribution in [1.29, 1.82) is 0 Å². The molecule has 0 unspecified atom stereocenters. The Kier molecular flexibility index (Phi) is 7.34. The normalized spacial score (nSPS) is 15.6. The second-order valence-electron chi connectivity index (χ2n) is 8.63. The largest absolute Gasteiger partial charge is 0.333 e. The Balaban J connectivity index is 1.67. The summed E-state index contributed by atoms with van der Waals surface area (Å²) in [6.07, 6.45) is 2.09. The monoisotopic (exact) mass is 452 g/mol. The van der Waals surface area contributed by atoms with Gasteiger partial charge in [0.15, 0.2) is 0 Å². The maximum Gasteiger partial charge on any atom is 0.266 e. The maximum absolute atomic E-state index is 13.1. The van der Waals surface area contributed by atoms with E-state index < -0.39 is 0 Å². The fourth-order valence-electron chi connectivity index (χ4n) is 3.31. The van der Waals surface area contributed by atoms with Crippen LogP contribution in [0.5, 0.6) is 0 Å². The summed E-state index contributed by atoms with van der Waals surface area (Å²) in [6, 6.07) is 17.9. The van der Waals surface area contributed by atoms with Crippen LogP contribution in [0, 0.1) is 6.92 Å². The van der Waals surface area contributed by atoms with Crippen LogP contribution in [0.2, 0.25) is 0 Å². The van der Waals surface area contributed by atoms with Gasteiger partial charge in [-0.2, -0.15) is 0 Å². The standard InChI is InChI=1S/C25H28N2O2S2/c1-18-10-12-19(13-11-18)16-21-23(29)26(24(30)31-21)15-14-22(28)27(25(2,3)4)17-20-8-6-5-7-9-20/h5-13,16H,14-15,17H2,1-4H3/b21-16+. The first-order chi connectivity index (χ1) is 14.6. The summed E-state index contributed by atoms with van der Waals surface area (Å²) < 4.78 is 0.501. The molecule has 1 aliphatic rings. The summed E-state index contributed by atoms with van der Waals surface area (Å²) >= 11 is 6.72. The highest BCUT2D eigenvalue weighted by atomic mass is 32.2. The van der Waals surface area contributed by atoms with Gasteiger partial charge >= 0.3 is 0 Å². The van der Waals surface area contributed by atoms with Gasteiger partial charge in [0, 0.05) is 25.0 Å². The van der Waals surface area contributed by atoms with Crippen LogP contribution in [0.1, 0.15) is 43.9 Å². The molecule has 0 bridgehead atoms. The third kappa shape index (κ3) is 6.05. The zero-order valence-corrected chi connectivity index (χ0v) is 20.1. The fraction of sp³-hybridized carbons (Fsp3) is 0.320. The van der Waals surface area contributed by atoms with E-state index in [9.17, 15) is 9.59 Å². The first-order valence-electron chi connectivity index (χ1n) is 10.3. The SMILES string of the molecule is Cc1ccc(/C=C2/SC(=S)N(CCC(=O)N(Cc3ccccc3)C(C)(C)C)C2=O)cc1. The molecule has 4 nitrogen and oxygen atoms in total. The summed E-state index contributed by atoms with van der Waals surface area (Å²) in [6.45, 7) is 8.93. The number of carbonyl (C=O) groups is 2. The number of hydrogen-bond donors (Lipinski definition) is 0. The van der Waals surface area contributed by atoms with E-state index in [4.69, 9.17) is 12.2 Å². The number of thiocarbonyl (C=S) groups is 1. The Hall–Kier alpha value is -2.44. The van der Waals surface area contributed by atoms with E-state index in [1.165, 1.54) is 17.3 Å². The van der Waals surface area contributed by atoms with E-state index in [-0.39, 0.29) is 30.3 Å². The molecule has 2 aromatic rings. The van der Waals surface area contributed by atoms with Crippen LogP contribution in [-0.2, 0) is 16.1 Å². The van der Waals surface area contributed by atoms with Crippen molar-refractivity contribution in [3.05, 3.63) is 76.2 Å². The molecule has 2 aromatic carbocycles. The molecule has 0 N–H and O–H groups in total. The minimum atomic E-state index is -0.326. The summed E-state index contributed by atoms with van der Waals surface area (Å²) in [4.78, 5) is 30.0. The van der Waals surface area contributed by atoms with Gasteiger partial charge in [-0.25, -0.2) is 0 Å². The van der Waals surface area contributed by atoms with Crippen molar-refractivity contribution in [1.82, 2.24) is 9.80 Å². The molecule has 1 heterocycles. The van der Waals surface area contributed by atoms with E-state index in [2.05, 4.69) is 0 Å². The van der Waals surface area contributed by atoms with Gasteiger partial charge in [0.25, 0.3) is 5.91 Å². The minimum Gasteiger partial charge on any atom is -0.333 e. The predicted octanol–water partition coefficient (Wildman–Crippen LogP) is 5.41.